The molecule has 0 atom stereocenters. The Morgan fingerprint density at radius 3 is 2.67 bits per heavy atom. The smallest absolute Gasteiger partial charge is 0.350 e. The van der Waals surface area contributed by atoms with E-state index in [0.717, 1.165) is 27.3 Å². The molecule has 0 radical (unpaired) electrons. The van der Waals surface area contributed by atoms with Crippen LogP contribution in [-0.4, -0.2) is 19.0 Å². The number of esters is 1. The van der Waals surface area contributed by atoms with E-state index in [1.54, 1.807) is 6.07 Å². The molecule has 5 heteroatoms. The lowest BCUT2D eigenvalue weighted by Crippen LogP contribution is -2.10. The molecule has 4 nitrogen and oxygen atoms in total. The quantitative estimate of drug-likeness (QED) is 0.564. The summed E-state index contributed by atoms with van der Waals surface area (Å²) in [5.74, 6) is -0.853. The van der Waals surface area contributed by atoms with Crippen LogP contribution in [0.15, 0.2) is 61.2 Å². The Balaban J connectivity index is 2.15. The summed E-state index contributed by atoms with van der Waals surface area (Å²) in [5.41, 5.74) is 1.43. The molecule has 0 aliphatic rings. The molecule has 0 bridgehead atoms. The van der Waals surface area contributed by atoms with E-state index in [1.807, 2.05) is 42.5 Å². The molecule has 3 aromatic rings. The average Bonchev–Trinajstić information content (AvgIpc) is 3.03. The molecule has 0 spiro atoms. The summed E-state index contributed by atoms with van der Waals surface area (Å²) in [6, 6.07) is 15.8. The van der Waals surface area contributed by atoms with E-state index in [0.29, 0.717) is 10.6 Å². The number of hydrogen-bond donors (Lipinski definition) is 1. The molecule has 0 saturated heterocycles. The van der Waals surface area contributed by atoms with Crippen LogP contribution in [0.25, 0.3) is 21.2 Å². The number of benzene rings is 2. The highest BCUT2D eigenvalue weighted by atomic mass is 32.1. The second-order valence-corrected chi connectivity index (χ2v) is 6.12. The van der Waals surface area contributed by atoms with E-state index in [4.69, 9.17) is 4.74 Å². The van der Waals surface area contributed by atoms with Gasteiger partial charge in [0.2, 0.25) is 5.91 Å². The molecule has 24 heavy (non-hydrogen) atoms. The lowest BCUT2D eigenvalue weighted by molar-refractivity contribution is -0.111. The number of hydrogen-bond acceptors (Lipinski definition) is 4. The van der Waals surface area contributed by atoms with Gasteiger partial charge in [-0.15, -0.1) is 11.3 Å². The van der Waals surface area contributed by atoms with E-state index in [1.165, 1.54) is 18.4 Å². The molecule has 0 unspecified atom stereocenters. The second kappa shape index (κ2) is 6.68. The zero-order valence-corrected chi connectivity index (χ0v) is 13.9. The van der Waals surface area contributed by atoms with Gasteiger partial charge in [-0.3, -0.25) is 4.79 Å². The van der Waals surface area contributed by atoms with Gasteiger partial charge in [0.25, 0.3) is 0 Å². The number of carbonyl (C=O) groups is 2. The summed E-state index contributed by atoms with van der Waals surface area (Å²) in [6.45, 7) is 3.43. The van der Waals surface area contributed by atoms with E-state index in [9.17, 15) is 9.59 Å². The molecule has 1 amide bonds. The summed E-state index contributed by atoms with van der Waals surface area (Å²) in [7, 11) is 1.32. The van der Waals surface area contributed by atoms with Crippen LogP contribution in [-0.2, 0) is 9.53 Å². The van der Waals surface area contributed by atoms with Crippen molar-refractivity contribution in [2.24, 2.45) is 0 Å². The van der Waals surface area contributed by atoms with Gasteiger partial charge in [-0.2, -0.15) is 0 Å². The standard InChI is InChI=1S/C19H15NO3S/c1-3-17(21)20-15-11-16(24-18(15)19(22)23-2)14-10-6-8-12-7-4-5-9-13(12)14/h3-11H,1H2,2H3,(H,20,21). The fourth-order valence-corrected chi connectivity index (χ4v) is 3.56. The number of amides is 1. The average molecular weight is 337 g/mol. The molecule has 0 aliphatic carbocycles. The van der Waals surface area contributed by atoms with Crippen molar-refractivity contribution in [2.45, 2.75) is 0 Å². The van der Waals surface area contributed by atoms with Gasteiger partial charge < -0.3 is 10.1 Å². The number of carbonyl (C=O) groups excluding carboxylic acids is 2. The SMILES string of the molecule is C=CC(=O)Nc1cc(-c2cccc3ccccc23)sc1C(=O)OC. The topological polar surface area (TPSA) is 55.4 Å². The van der Waals surface area contributed by atoms with Gasteiger partial charge in [-0.05, 0) is 28.5 Å². The lowest BCUT2D eigenvalue weighted by Gasteiger charge is -2.03. The van der Waals surface area contributed by atoms with Gasteiger partial charge >= 0.3 is 5.97 Å². The van der Waals surface area contributed by atoms with Crippen LogP contribution in [0.5, 0.6) is 0 Å². The number of ether oxygens (including phenoxy) is 1. The van der Waals surface area contributed by atoms with Gasteiger partial charge in [-0.25, -0.2) is 4.79 Å². The highest BCUT2D eigenvalue weighted by Gasteiger charge is 2.19. The minimum atomic E-state index is -0.481. The predicted octanol–water partition coefficient (Wildman–Crippen LogP) is 4.48. The first kappa shape index (κ1) is 16.0. The number of thiophene rings is 1. The molecule has 2 aromatic carbocycles. The van der Waals surface area contributed by atoms with E-state index in [-0.39, 0.29) is 5.91 Å². The normalized spacial score (nSPS) is 10.4. The highest BCUT2D eigenvalue weighted by molar-refractivity contribution is 7.18. The van der Waals surface area contributed by atoms with Crippen molar-refractivity contribution in [1.29, 1.82) is 0 Å². The number of nitrogens with one attached hydrogen (secondary N) is 1. The largest absolute Gasteiger partial charge is 0.465 e. The summed E-state index contributed by atoms with van der Waals surface area (Å²) in [4.78, 5) is 24.9. The minimum Gasteiger partial charge on any atom is -0.465 e. The maximum atomic E-state index is 12.0. The Labute approximate surface area is 143 Å². The van der Waals surface area contributed by atoms with Crippen LogP contribution in [0, 0.1) is 0 Å². The highest BCUT2D eigenvalue weighted by Crippen LogP contribution is 2.38. The van der Waals surface area contributed by atoms with E-state index in [2.05, 4.69) is 11.9 Å². The summed E-state index contributed by atoms with van der Waals surface area (Å²) in [5, 5.41) is 4.86. The first-order chi connectivity index (χ1) is 11.6. The fourth-order valence-electron chi connectivity index (χ4n) is 2.48. The van der Waals surface area contributed by atoms with Gasteiger partial charge in [0, 0.05) is 4.88 Å². The Kier molecular flexibility index (Phi) is 4.44. The molecular weight excluding hydrogens is 322 g/mol. The summed E-state index contributed by atoms with van der Waals surface area (Å²) >= 11 is 1.29. The molecule has 1 aromatic heterocycles. The molecule has 120 valence electrons. The maximum absolute atomic E-state index is 12.0. The maximum Gasteiger partial charge on any atom is 0.350 e. The van der Waals surface area contributed by atoms with Crippen molar-refractivity contribution < 1.29 is 14.3 Å². The third-order valence-electron chi connectivity index (χ3n) is 3.60. The van der Waals surface area contributed by atoms with Crippen LogP contribution in [0.1, 0.15) is 9.67 Å². The Morgan fingerprint density at radius 1 is 1.17 bits per heavy atom. The van der Waals surface area contributed by atoms with Crippen LogP contribution >= 0.6 is 11.3 Å². The number of anilines is 1. The van der Waals surface area contributed by atoms with Crippen molar-refractivity contribution in [3.8, 4) is 10.4 Å². The molecule has 1 N–H and O–H groups in total. The Hall–Kier alpha value is -2.92. The number of methoxy groups -OCH3 is 1. The van der Waals surface area contributed by atoms with E-state index < -0.39 is 5.97 Å². The third kappa shape index (κ3) is 2.94. The zero-order valence-electron chi connectivity index (χ0n) is 13.0. The van der Waals surface area contributed by atoms with Crippen LogP contribution in [0.4, 0.5) is 5.69 Å². The van der Waals surface area contributed by atoms with Gasteiger partial charge in [0.05, 0.1) is 12.8 Å². The predicted molar refractivity (Wildman–Crippen MR) is 97.4 cm³/mol. The molecule has 0 saturated carbocycles. The van der Waals surface area contributed by atoms with Crippen molar-refractivity contribution >= 4 is 39.7 Å². The summed E-state index contributed by atoms with van der Waals surface area (Å²) in [6.07, 6.45) is 1.16. The van der Waals surface area contributed by atoms with Gasteiger partial charge in [0.1, 0.15) is 4.88 Å². The lowest BCUT2D eigenvalue weighted by atomic mass is 10.0. The van der Waals surface area contributed by atoms with Gasteiger partial charge in [-0.1, -0.05) is 49.0 Å². The molecule has 3 rings (SSSR count). The van der Waals surface area contributed by atoms with E-state index >= 15 is 0 Å². The third-order valence-corrected chi connectivity index (χ3v) is 4.75. The summed E-state index contributed by atoms with van der Waals surface area (Å²) < 4.78 is 4.82. The first-order valence-corrected chi connectivity index (χ1v) is 8.09. The molecule has 0 fully saturated rings. The van der Waals surface area contributed by atoms with Crippen molar-refractivity contribution in [2.75, 3.05) is 12.4 Å². The Morgan fingerprint density at radius 2 is 1.92 bits per heavy atom. The first-order valence-electron chi connectivity index (χ1n) is 7.27. The number of rotatable bonds is 4. The fraction of sp³-hybridized carbons (Fsp3) is 0.0526. The number of fused-ring (bicyclic) bond motifs is 1. The minimum absolute atomic E-state index is 0.357. The Bertz CT molecular complexity index is 937. The molecular formula is C19H15NO3S. The van der Waals surface area contributed by atoms with Crippen molar-refractivity contribution in [3.63, 3.8) is 0 Å². The second-order valence-electron chi connectivity index (χ2n) is 5.07. The van der Waals surface area contributed by atoms with Crippen LogP contribution < -0.4 is 5.32 Å². The zero-order chi connectivity index (χ0) is 17.1. The van der Waals surface area contributed by atoms with Crippen molar-refractivity contribution in [1.82, 2.24) is 0 Å². The monoisotopic (exact) mass is 337 g/mol. The van der Waals surface area contributed by atoms with Crippen LogP contribution in [0.3, 0.4) is 0 Å². The molecule has 1 heterocycles. The molecule has 0 aliphatic heterocycles. The van der Waals surface area contributed by atoms with Crippen molar-refractivity contribution in [3.05, 3.63) is 66.1 Å². The van der Waals surface area contributed by atoms with Crippen LogP contribution in [0.2, 0.25) is 0 Å². The van der Waals surface area contributed by atoms with Gasteiger partial charge in [0.15, 0.2) is 0 Å².